The van der Waals surface area contributed by atoms with Crippen molar-refractivity contribution >= 4 is 5.91 Å². The van der Waals surface area contributed by atoms with E-state index in [2.05, 4.69) is 25.0 Å². The highest BCUT2D eigenvalue weighted by Gasteiger charge is 2.22. The molecule has 1 amide bonds. The second-order valence-electron chi connectivity index (χ2n) is 8.76. The van der Waals surface area contributed by atoms with Crippen molar-refractivity contribution in [1.82, 2.24) is 25.0 Å². The standard InChI is InChI=1S/C24H35N5O3/c1-31-20-8-9-21(32-2)19(16-20)17-28-13-11-23-27-26-22(29(23)15-14-28)10-12-25-24(30)18-6-4-3-5-7-18/h8-9,16,18H,3-7,10-15,17H2,1-2H3,(H,25,30). The molecule has 1 N–H and O–H groups in total. The molecule has 4 rings (SSSR count). The molecule has 0 radical (unpaired) electrons. The van der Waals surface area contributed by atoms with E-state index < -0.39 is 0 Å². The quantitative estimate of drug-likeness (QED) is 0.678. The normalized spacial score (nSPS) is 17.4. The van der Waals surface area contributed by atoms with E-state index in [9.17, 15) is 4.79 Å². The number of benzene rings is 1. The number of rotatable bonds is 8. The zero-order chi connectivity index (χ0) is 22.3. The third-order valence-electron chi connectivity index (χ3n) is 6.70. The van der Waals surface area contributed by atoms with Crippen LogP contribution >= 0.6 is 0 Å². The van der Waals surface area contributed by atoms with Crippen LogP contribution in [0.1, 0.15) is 49.3 Å². The fourth-order valence-electron chi connectivity index (χ4n) is 4.82. The van der Waals surface area contributed by atoms with E-state index >= 15 is 0 Å². The number of ether oxygens (including phenoxy) is 2. The maximum absolute atomic E-state index is 12.4. The zero-order valence-electron chi connectivity index (χ0n) is 19.3. The summed E-state index contributed by atoms with van der Waals surface area (Å²) in [6, 6.07) is 5.93. The molecule has 1 aromatic heterocycles. The first-order valence-corrected chi connectivity index (χ1v) is 11.8. The molecule has 8 nitrogen and oxygen atoms in total. The molecule has 0 bridgehead atoms. The molecule has 2 aromatic rings. The average Bonchev–Trinajstić information content (AvgIpc) is 3.11. The van der Waals surface area contributed by atoms with Crippen LogP contribution in [0.15, 0.2) is 18.2 Å². The Bertz CT molecular complexity index is 907. The van der Waals surface area contributed by atoms with Crippen LogP contribution in [0.25, 0.3) is 0 Å². The zero-order valence-corrected chi connectivity index (χ0v) is 19.3. The number of carbonyl (C=O) groups is 1. The van der Waals surface area contributed by atoms with Crippen LogP contribution in [0.2, 0.25) is 0 Å². The topological polar surface area (TPSA) is 81.5 Å². The van der Waals surface area contributed by atoms with Crippen LogP contribution in [0.5, 0.6) is 11.5 Å². The van der Waals surface area contributed by atoms with Crippen molar-refractivity contribution in [2.75, 3.05) is 33.9 Å². The van der Waals surface area contributed by atoms with Crippen LogP contribution in [0.4, 0.5) is 0 Å². The Hall–Kier alpha value is -2.61. The van der Waals surface area contributed by atoms with Gasteiger partial charge >= 0.3 is 0 Å². The Kier molecular flexibility index (Phi) is 7.63. The van der Waals surface area contributed by atoms with Crippen molar-refractivity contribution in [3.8, 4) is 11.5 Å². The van der Waals surface area contributed by atoms with Gasteiger partial charge in [-0.15, -0.1) is 10.2 Å². The summed E-state index contributed by atoms with van der Waals surface area (Å²) in [7, 11) is 3.39. The largest absolute Gasteiger partial charge is 0.497 e. The summed E-state index contributed by atoms with van der Waals surface area (Å²) in [6.07, 6.45) is 7.24. The minimum atomic E-state index is 0.196. The number of hydrogen-bond acceptors (Lipinski definition) is 6. The molecule has 32 heavy (non-hydrogen) atoms. The van der Waals surface area contributed by atoms with E-state index in [-0.39, 0.29) is 11.8 Å². The van der Waals surface area contributed by atoms with Crippen LogP contribution in [0.3, 0.4) is 0 Å². The minimum Gasteiger partial charge on any atom is -0.497 e. The van der Waals surface area contributed by atoms with Crippen LogP contribution in [-0.2, 0) is 30.7 Å². The van der Waals surface area contributed by atoms with Crippen molar-refractivity contribution in [2.24, 2.45) is 5.92 Å². The molecule has 1 aromatic carbocycles. The number of nitrogens with one attached hydrogen (secondary N) is 1. The maximum atomic E-state index is 12.4. The van der Waals surface area contributed by atoms with Gasteiger partial charge in [0, 0.05) is 57.0 Å². The second-order valence-corrected chi connectivity index (χ2v) is 8.76. The van der Waals surface area contributed by atoms with E-state index in [1.54, 1.807) is 14.2 Å². The molecule has 1 saturated carbocycles. The highest BCUT2D eigenvalue weighted by Crippen LogP contribution is 2.26. The van der Waals surface area contributed by atoms with E-state index in [0.717, 1.165) is 80.6 Å². The summed E-state index contributed by atoms with van der Waals surface area (Å²) in [4.78, 5) is 14.8. The molecule has 0 atom stereocenters. The van der Waals surface area contributed by atoms with Crippen molar-refractivity contribution < 1.29 is 14.3 Å². The molecule has 1 aliphatic heterocycles. The van der Waals surface area contributed by atoms with Gasteiger partial charge in [-0.3, -0.25) is 9.69 Å². The fraction of sp³-hybridized carbons (Fsp3) is 0.625. The molecule has 174 valence electrons. The lowest BCUT2D eigenvalue weighted by molar-refractivity contribution is -0.125. The smallest absolute Gasteiger partial charge is 0.223 e. The van der Waals surface area contributed by atoms with Gasteiger partial charge in [-0.2, -0.15) is 0 Å². The maximum Gasteiger partial charge on any atom is 0.223 e. The lowest BCUT2D eigenvalue weighted by Crippen LogP contribution is -2.33. The van der Waals surface area contributed by atoms with Gasteiger partial charge in [0.05, 0.1) is 14.2 Å². The number of aromatic nitrogens is 3. The molecule has 8 heteroatoms. The highest BCUT2D eigenvalue weighted by atomic mass is 16.5. The Morgan fingerprint density at radius 1 is 1.09 bits per heavy atom. The van der Waals surface area contributed by atoms with Crippen LogP contribution < -0.4 is 14.8 Å². The molecular formula is C24H35N5O3. The molecule has 0 unspecified atom stereocenters. The van der Waals surface area contributed by atoms with E-state index in [1.165, 1.54) is 19.3 Å². The van der Waals surface area contributed by atoms with Crippen LogP contribution in [-0.4, -0.2) is 59.4 Å². The van der Waals surface area contributed by atoms with Crippen molar-refractivity contribution in [1.29, 1.82) is 0 Å². The summed E-state index contributed by atoms with van der Waals surface area (Å²) in [6.45, 7) is 4.09. The fourth-order valence-corrected chi connectivity index (χ4v) is 4.82. The third kappa shape index (κ3) is 5.41. The lowest BCUT2D eigenvalue weighted by atomic mass is 9.89. The highest BCUT2D eigenvalue weighted by molar-refractivity contribution is 5.78. The van der Waals surface area contributed by atoms with E-state index in [0.29, 0.717) is 6.54 Å². The van der Waals surface area contributed by atoms with E-state index in [1.807, 2.05) is 18.2 Å². The molecule has 2 aliphatic rings. The molecular weight excluding hydrogens is 406 g/mol. The first kappa shape index (κ1) is 22.6. The average molecular weight is 442 g/mol. The van der Waals surface area contributed by atoms with Gasteiger partial charge in [-0.1, -0.05) is 19.3 Å². The predicted octanol–water partition coefficient (Wildman–Crippen LogP) is 2.59. The summed E-state index contributed by atoms with van der Waals surface area (Å²) < 4.78 is 13.2. The second kappa shape index (κ2) is 10.8. The molecule has 0 saturated heterocycles. The molecule has 2 heterocycles. The number of nitrogens with zero attached hydrogens (tertiary/aromatic N) is 4. The van der Waals surface area contributed by atoms with Crippen molar-refractivity contribution in [3.05, 3.63) is 35.4 Å². The number of methoxy groups -OCH3 is 2. The number of carbonyl (C=O) groups excluding carboxylic acids is 1. The first-order chi connectivity index (χ1) is 15.7. The van der Waals surface area contributed by atoms with Gasteiger partial charge in [0.15, 0.2) is 0 Å². The molecule has 1 aliphatic carbocycles. The van der Waals surface area contributed by atoms with Crippen LogP contribution in [0, 0.1) is 5.92 Å². The summed E-state index contributed by atoms with van der Waals surface area (Å²) in [5, 5.41) is 12.0. The van der Waals surface area contributed by atoms with Gasteiger partial charge in [0.2, 0.25) is 5.91 Å². The summed E-state index contributed by atoms with van der Waals surface area (Å²) >= 11 is 0. The predicted molar refractivity (Wildman–Crippen MR) is 122 cm³/mol. The Labute approximate surface area is 190 Å². The minimum absolute atomic E-state index is 0.196. The monoisotopic (exact) mass is 441 g/mol. The van der Waals surface area contributed by atoms with Gasteiger partial charge in [0.1, 0.15) is 23.1 Å². The van der Waals surface area contributed by atoms with Gasteiger partial charge in [-0.25, -0.2) is 0 Å². The SMILES string of the molecule is COc1ccc(OC)c(CN2CCc3nnc(CCNC(=O)C4CCCCC4)n3CC2)c1. The summed E-state index contributed by atoms with van der Waals surface area (Å²) in [5.41, 5.74) is 1.12. The Morgan fingerprint density at radius 3 is 2.72 bits per heavy atom. The van der Waals surface area contributed by atoms with Gasteiger partial charge in [0.25, 0.3) is 0 Å². The van der Waals surface area contributed by atoms with Gasteiger partial charge in [-0.05, 0) is 31.0 Å². The van der Waals surface area contributed by atoms with Gasteiger partial charge < -0.3 is 19.4 Å². The van der Waals surface area contributed by atoms with E-state index in [4.69, 9.17) is 9.47 Å². The number of fused-ring (bicyclic) bond motifs is 1. The first-order valence-electron chi connectivity index (χ1n) is 11.8. The van der Waals surface area contributed by atoms with Crippen molar-refractivity contribution in [2.45, 2.75) is 58.0 Å². The third-order valence-corrected chi connectivity index (χ3v) is 6.70. The molecule has 0 spiro atoms. The number of amides is 1. The number of hydrogen-bond donors (Lipinski definition) is 1. The Morgan fingerprint density at radius 2 is 1.94 bits per heavy atom. The molecule has 1 fully saturated rings. The summed E-state index contributed by atoms with van der Waals surface area (Å²) in [5.74, 6) is 4.11. The van der Waals surface area contributed by atoms with Crippen molar-refractivity contribution in [3.63, 3.8) is 0 Å². The Balaban J connectivity index is 1.32. The lowest BCUT2D eigenvalue weighted by Gasteiger charge is -2.21.